The Bertz CT molecular complexity index is 692. The first-order chi connectivity index (χ1) is 9.42. The van der Waals surface area contributed by atoms with Gasteiger partial charge in [-0.2, -0.15) is 8.42 Å². The van der Waals surface area contributed by atoms with E-state index < -0.39 is 10.0 Å². The number of hydrogen-bond donors (Lipinski definition) is 2. The second kappa shape index (κ2) is 5.64. The lowest BCUT2D eigenvalue weighted by molar-refractivity contribution is 0.598. The molecule has 0 fully saturated rings. The molecule has 7 heteroatoms. The van der Waals surface area contributed by atoms with Crippen LogP contribution in [-0.2, 0) is 16.6 Å². The third kappa shape index (κ3) is 3.17. The Morgan fingerprint density at radius 2 is 2.20 bits per heavy atom. The normalized spacial score (nSPS) is 13.2. The van der Waals surface area contributed by atoms with Gasteiger partial charge in [0.15, 0.2) is 5.03 Å². The number of nitrogens with zero attached hydrogens (tertiary/aromatic N) is 2. The number of nitrogens with one attached hydrogen (secondary N) is 1. The van der Waals surface area contributed by atoms with Crippen LogP contribution >= 0.6 is 0 Å². The third-order valence-electron chi connectivity index (χ3n) is 2.91. The molecule has 1 atom stereocenters. The standard InChI is InChI=1S/C13H18N4O2S/c1-3-17-8-13(15-9-17)20(18,19)16-12-6-4-5-11(7-12)10(2)14/h4-10,16H,3,14H2,1-2H3. The maximum Gasteiger partial charge on any atom is 0.280 e. The molecule has 0 saturated carbocycles. The van der Waals surface area contributed by atoms with E-state index in [9.17, 15) is 8.42 Å². The van der Waals surface area contributed by atoms with Crippen molar-refractivity contribution in [2.24, 2.45) is 5.73 Å². The summed E-state index contributed by atoms with van der Waals surface area (Å²) in [4.78, 5) is 3.90. The van der Waals surface area contributed by atoms with Gasteiger partial charge in [-0.1, -0.05) is 12.1 Å². The zero-order valence-electron chi connectivity index (χ0n) is 11.4. The maximum absolute atomic E-state index is 12.2. The van der Waals surface area contributed by atoms with E-state index in [1.807, 2.05) is 19.9 Å². The van der Waals surface area contributed by atoms with Crippen molar-refractivity contribution in [1.29, 1.82) is 0 Å². The Hall–Kier alpha value is -1.86. The van der Waals surface area contributed by atoms with Gasteiger partial charge in [-0.3, -0.25) is 4.72 Å². The number of anilines is 1. The minimum Gasteiger partial charge on any atom is -0.336 e. The quantitative estimate of drug-likeness (QED) is 0.878. The lowest BCUT2D eigenvalue weighted by atomic mass is 10.1. The Labute approximate surface area is 118 Å². The summed E-state index contributed by atoms with van der Waals surface area (Å²) in [7, 11) is -3.67. The highest BCUT2D eigenvalue weighted by atomic mass is 32.2. The van der Waals surface area contributed by atoms with Crippen LogP contribution < -0.4 is 10.5 Å². The Morgan fingerprint density at radius 3 is 2.80 bits per heavy atom. The summed E-state index contributed by atoms with van der Waals surface area (Å²) in [6, 6.07) is 6.87. The lowest BCUT2D eigenvalue weighted by Gasteiger charge is -2.09. The van der Waals surface area contributed by atoms with Crippen molar-refractivity contribution in [3.05, 3.63) is 42.4 Å². The van der Waals surface area contributed by atoms with Crippen LogP contribution in [0.15, 0.2) is 41.8 Å². The van der Waals surface area contributed by atoms with Crippen LogP contribution in [-0.4, -0.2) is 18.0 Å². The van der Waals surface area contributed by atoms with E-state index in [4.69, 9.17) is 5.73 Å². The first-order valence-corrected chi connectivity index (χ1v) is 7.81. The molecule has 0 aliphatic carbocycles. The lowest BCUT2D eigenvalue weighted by Crippen LogP contribution is -2.14. The van der Waals surface area contributed by atoms with E-state index in [2.05, 4.69) is 9.71 Å². The molecule has 0 radical (unpaired) electrons. The van der Waals surface area contributed by atoms with Gasteiger partial charge in [0.2, 0.25) is 0 Å². The summed E-state index contributed by atoms with van der Waals surface area (Å²) in [5.41, 5.74) is 7.13. The van der Waals surface area contributed by atoms with E-state index >= 15 is 0 Å². The molecule has 0 aliphatic rings. The largest absolute Gasteiger partial charge is 0.336 e. The number of aryl methyl sites for hydroxylation is 1. The highest BCUT2D eigenvalue weighted by Crippen LogP contribution is 2.18. The van der Waals surface area contributed by atoms with Gasteiger partial charge in [-0.15, -0.1) is 0 Å². The van der Waals surface area contributed by atoms with Gasteiger partial charge in [0.1, 0.15) is 0 Å². The molecule has 6 nitrogen and oxygen atoms in total. The fourth-order valence-corrected chi connectivity index (χ4v) is 2.75. The van der Waals surface area contributed by atoms with Crippen molar-refractivity contribution in [2.75, 3.05) is 4.72 Å². The van der Waals surface area contributed by atoms with Crippen LogP contribution in [0.25, 0.3) is 0 Å². The minimum atomic E-state index is -3.67. The monoisotopic (exact) mass is 294 g/mol. The average molecular weight is 294 g/mol. The first-order valence-electron chi connectivity index (χ1n) is 6.32. The summed E-state index contributed by atoms with van der Waals surface area (Å²) in [6.45, 7) is 4.43. The second-order valence-corrected chi connectivity index (χ2v) is 6.19. The van der Waals surface area contributed by atoms with Crippen LogP contribution in [0, 0.1) is 0 Å². The number of imidazole rings is 1. The smallest absolute Gasteiger partial charge is 0.280 e. The highest BCUT2D eigenvalue weighted by molar-refractivity contribution is 7.92. The molecule has 0 saturated heterocycles. The fraction of sp³-hybridized carbons (Fsp3) is 0.308. The predicted octanol–water partition coefficient (Wildman–Crippen LogP) is 1.72. The fourth-order valence-electron chi connectivity index (χ4n) is 1.74. The van der Waals surface area contributed by atoms with E-state index in [0.29, 0.717) is 12.2 Å². The Balaban J connectivity index is 2.26. The molecule has 1 aromatic carbocycles. The molecule has 0 spiro atoms. The highest BCUT2D eigenvalue weighted by Gasteiger charge is 2.17. The summed E-state index contributed by atoms with van der Waals surface area (Å²) < 4.78 is 28.6. The Kier molecular flexibility index (Phi) is 4.10. The number of benzene rings is 1. The zero-order chi connectivity index (χ0) is 14.8. The average Bonchev–Trinajstić information content (AvgIpc) is 2.88. The topological polar surface area (TPSA) is 90.0 Å². The van der Waals surface area contributed by atoms with Gasteiger partial charge in [0, 0.05) is 24.5 Å². The molecule has 108 valence electrons. The molecule has 3 N–H and O–H groups in total. The van der Waals surface area contributed by atoms with E-state index in [1.165, 1.54) is 12.5 Å². The van der Waals surface area contributed by atoms with E-state index in [0.717, 1.165) is 5.56 Å². The molecule has 0 amide bonds. The molecule has 0 aliphatic heterocycles. The number of sulfonamides is 1. The van der Waals surface area contributed by atoms with Crippen molar-refractivity contribution in [3.63, 3.8) is 0 Å². The molecule has 2 aromatic rings. The minimum absolute atomic E-state index is 0.00514. The number of aromatic nitrogens is 2. The summed E-state index contributed by atoms with van der Waals surface area (Å²) in [6.07, 6.45) is 2.99. The predicted molar refractivity (Wildman–Crippen MR) is 77.8 cm³/mol. The number of hydrogen-bond acceptors (Lipinski definition) is 4. The van der Waals surface area contributed by atoms with Gasteiger partial charge in [-0.05, 0) is 31.5 Å². The molecule has 1 aromatic heterocycles. The van der Waals surface area contributed by atoms with Crippen molar-refractivity contribution in [1.82, 2.24) is 9.55 Å². The Morgan fingerprint density at radius 1 is 1.45 bits per heavy atom. The van der Waals surface area contributed by atoms with Crippen LogP contribution in [0.4, 0.5) is 5.69 Å². The molecule has 0 bridgehead atoms. The third-order valence-corrected chi connectivity index (χ3v) is 4.18. The van der Waals surface area contributed by atoms with E-state index in [-0.39, 0.29) is 11.1 Å². The first kappa shape index (κ1) is 14.5. The zero-order valence-corrected chi connectivity index (χ0v) is 12.3. The van der Waals surface area contributed by atoms with Gasteiger partial charge in [0.25, 0.3) is 10.0 Å². The van der Waals surface area contributed by atoms with Gasteiger partial charge < -0.3 is 10.3 Å². The summed E-state index contributed by atoms with van der Waals surface area (Å²) in [5.74, 6) is 0. The van der Waals surface area contributed by atoms with Crippen LogP contribution in [0.3, 0.4) is 0 Å². The number of nitrogens with two attached hydrogens (primary N) is 1. The summed E-state index contributed by atoms with van der Waals surface area (Å²) >= 11 is 0. The van der Waals surface area contributed by atoms with Gasteiger partial charge >= 0.3 is 0 Å². The van der Waals surface area contributed by atoms with Crippen molar-refractivity contribution < 1.29 is 8.42 Å². The SMILES string of the molecule is CCn1cnc(S(=O)(=O)Nc2cccc(C(C)N)c2)c1. The molecular formula is C13H18N4O2S. The van der Waals surface area contributed by atoms with E-state index in [1.54, 1.807) is 22.8 Å². The van der Waals surface area contributed by atoms with Crippen LogP contribution in [0.2, 0.25) is 0 Å². The van der Waals surface area contributed by atoms with Crippen molar-refractivity contribution in [2.45, 2.75) is 31.5 Å². The molecule has 1 heterocycles. The maximum atomic E-state index is 12.2. The van der Waals surface area contributed by atoms with Gasteiger partial charge in [-0.25, -0.2) is 4.98 Å². The molecule has 20 heavy (non-hydrogen) atoms. The molecule has 1 unspecified atom stereocenters. The van der Waals surface area contributed by atoms with Gasteiger partial charge in [0.05, 0.1) is 6.33 Å². The molecule has 2 rings (SSSR count). The second-order valence-electron chi connectivity index (χ2n) is 4.56. The molecular weight excluding hydrogens is 276 g/mol. The number of rotatable bonds is 5. The van der Waals surface area contributed by atoms with Crippen molar-refractivity contribution in [3.8, 4) is 0 Å². The van der Waals surface area contributed by atoms with Crippen LogP contribution in [0.5, 0.6) is 0 Å². The van der Waals surface area contributed by atoms with Crippen molar-refractivity contribution >= 4 is 15.7 Å². The van der Waals surface area contributed by atoms with Crippen LogP contribution in [0.1, 0.15) is 25.5 Å². The summed E-state index contributed by atoms with van der Waals surface area (Å²) in [5, 5.41) is 0.00514.